The van der Waals surface area contributed by atoms with Gasteiger partial charge in [0.2, 0.25) is 11.5 Å². The predicted molar refractivity (Wildman–Crippen MR) is 93.2 cm³/mol. The SMILES string of the molecule is O=C1CC2(CCCC2)CC2=C1OC(C1(O)C(=O)CC3(CCCC3)CC1=O)O2. The number of allylic oxidation sites excluding steroid dienone is 2. The van der Waals surface area contributed by atoms with E-state index >= 15 is 0 Å². The number of carbonyl (C=O) groups is 3. The van der Waals surface area contributed by atoms with E-state index in [2.05, 4.69) is 0 Å². The Morgan fingerprint density at radius 1 is 0.741 bits per heavy atom. The summed E-state index contributed by atoms with van der Waals surface area (Å²) in [6, 6.07) is 0. The highest BCUT2D eigenvalue weighted by atomic mass is 16.7. The molecule has 3 saturated carbocycles. The Balaban J connectivity index is 1.38. The van der Waals surface area contributed by atoms with Crippen LogP contribution in [0.3, 0.4) is 0 Å². The quantitative estimate of drug-likeness (QED) is 0.710. The van der Waals surface area contributed by atoms with E-state index in [1.54, 1.807) is 0 Å². The molecule has 27 heavy (non-hydrogen) atoms. The van der Waals surface area contributed by atoms with E-state index in [-0.39, 0.29) is 35.2 Å². The topological polar surface area (TPSA) is 89.9 Å². The molecule has 4 aliphatic carbocycles. The Kier molecular flexibility index (Phi) is 3.65. The van der Waals surface area contributed by atoms with E-state index in [0.29, 0.717) is 18.6 Å². The molecule has 0 aromatic carbocycles. The van der Waals surface area contributed by atoms with E-state index in [1.807, 2.05) is 0 Å². The van der Waals surface area contributed by atoms with Crippen molar-refractivity contribution in [1.82, 2.24) is 0 Å². The zero-order valence-electron chi connectivity index (χ0n) is 15.6. The lowest BCUT2D eigenvalue weighted by atomic mass is 9.66. The summed E-state index contributed by atoms with van der Waals surface area (Å²) < 4.78 is 11.4. The van der Waals surface area contributed by atoms with Crippen molar-refractivity contribution in [3.8, 4) is 0 Å². The van der Waals surface area contributed by atoms with E-state index in [9.17, 15) is 19.5 Å². The van der Waals surface area contributed by atoms with Gasteiger partial charge in [0.15, 0.2) is 11.6 Å². The van der Waals surface area contributed by atoms with E-state index in [1.165, 1.54) is 0 Å². The fraction of sp³-hybridized carbons (Fsp3) is 0.762. The Morgan fingerprint density at radius 2 is 1.26 bits per heavy atom. The molecule has 0 bridgehead atoms. The smallest absolute Gasteiger partial charge is 0.284 e. The van der Waals surface area contributed by atoms with Gasteiger partial charge in [-0.1, -0.05) is 25.7 Å². The molecule has 2 spiro atoms. The third kappa shape index (κ3) is 2.45. The lowest BCUT2D eigenvalue weighted by molar-refractivity contribution is -0.200. The van der Waals surface area contributed by atoms with Crippen LogP contribution < -0.4 is 0 Å². The molecule has 5 rings (SSSR count). The second kappa shape index (κ2) is 5.66. The minimum absolute atomic E-state index is 0.0781. The lowest BCUT2D eigenvalue weighted by Gasteiger charge is -2.40. The number of Topliss-reactive ketones (excluding diaryl/α,β-unsaturated/α-hetero) is 3. The van der Waals surface area contributed by atoms with Gasteiger partial charge in [-0.05, 0) is 36.5 Å². The normalized spacial score (nSPS) is 33.5. The van der Waals surface area contributed by atoms with Gasteiger partial charge in [-0.2, -0.15) is 0 Å². The maximum Gasteiger partial charge on any atom is 0.284 e. The number of hydrogen-bond acceptors (Lipinski definition) is 6. The number of ether oxygens (including phenoxy) is 2. The number of aliphatic hydroxyl groups is 1. The van der Waals surface area contributed by atoms with Crippen molar-refractivity contribution in [2.75, 3.05) is 0 Å². The fourth-order valence-corrected chi connectivity index (χ4v) is 6.11. The van der Waals surface area contributed by atoms with Crippen molar-refractivity contribution in [3.63, 3.8) is 0 Å². The summed E-state index contributed by atoms with van der Waals surface area (Å²) >= 11 is 0. The maximum absolute atomic E-state index is 12.9. The Labute approximate surface area is 158 Å². The van der Waals surface area contributed by atoms with Gasteiger partial charge in [-0.25, -0.2) is 0 Å². The molecule has 1 unspecified atom stereocenters. The molecule has 6 nitrogen and oxygen atoms in total. The van der Waals surface area contributed by atoms with Crippen molar-refractivity contribution in [1.29, 1.82) is 0 Å². The third-order valence-electron chi connectivity index (χ3n) is 7.64. The lowest BCUT2D eigenvalue weighted by Crippen LogP contribution is -2.61. The zero-order chi connectivity index (χ0) is 18.9. The Hall–Kier alpha value is -1.69. The first-order chi connectivity index (χ1) is 12.9. The van der Waals surface area contributed by atoms with Crippen molar-refractivity contribution in [2.45, 2.75) is 88.9 Å². The number of carbonyl (C=O) groups excluding carboxylic acids is 3. The minimum atomic E-state index is -2.30. The molecule has 1 N–H and O–H groups in total. The summed E-state index contributed by atoms with van der Waals surface area (Å²) in [6.07, 6.45) is 7.85. The van der Waals surface area contributed by atoms with Gasteiger partial charge in [-0.3, -0.25) is 14.4 Å². The fourth-order valence-electron chi connectivity index (χ4n) is 6.11. The molecule has 0 aromatic heterocycles. The number of rotatable bonds is 1. The summed E-state index contributed by atoms with van der Waals surface area (Å²) in [6.45, 7) is 0. The van der Waals surface area contributed by atoms with E-state index < -0.39 is 23.5 Å². The van der Waals surface area contributed by atoms with Gasteiger partial charge in [0.25, 0.3) is 11.9 Å². The summed E-state index contributed by atoms with van der Waals surface area (Å²) in [5, 5.41) is 11.1. The summed E-state index contributed by atoms with van der Waals surface area (Å²) in [7, 11) is 0. The molecule has 1 aliphatic heterocycles. The standard InChI is InChI=1S/C21H26O6/c22-13-9-19(5-1-2-6-19)10-14-17(13)27-18(26-14)21(25)15(23)11-20(12-16(21)24)7-3-4-8-20/h18,25H,1-12H2. The predicted octanol–water partition coefficient (Wildman–Crippen LogP) is 2.72. The second-order valence-electron chi connectivity index (χ2n) is 9.48. The minimum Gasteiger partial charge on any atom is -0.451 e. The van der Waals surface area contributed by atoms with Crippen LogP contribution in [-0.4, -0.2) is 34.3 Å². The first-order valence-electron chi connectivity index (χ1n) is 10.2. The van der Waals surface area contributed by atoms with Crippen LogP contribution in [-0.2, 0) is 23.9 Å². The van der Waals surface area contributed by atoms with Crippen molar-refractivity contribution >= 4 is 17.3 Å². The van der Waals surface area contributed by atoms with Crippen molar-refractivity contribution in [2.24, 2.45) is 10.8 Å². The molecule has 1 atom stereocenters. The van der Waals surface area contributed by atoms with E-state index in [4.69, 9.17) is 9.47 Å². The first-order valence-corrected chi connectivity index (χ1v) is 10.2. The third-order valence-corrected chi connectivity index (χ3v) is 7.64. The van der Waals surface area contributed by atoms with Gasteiger partial charge in [0.1, 0.15) is 5.76 Å². The molecule has 3 fully saturated rings. The van der Waals surface area contributed by atoms with E-state index in [0.717, 1.165) is 51.4 Å². The average Bonchev–Trinajstić information content (AvgIpc) is 3.34. The van der Waals surface area contributed by atoms with Crippen LogP contribution in [0.5, 0.6) is 0 Å². The number of ketones is 3. The van der Waals surface area contributed by atoms with Crippen LogP contribution in [0.4, 0.5) is 0 Å². The maximum atomic E-state index is 12.9. The van der Waals surface area contributed by atoms with Gasteiger partial charge in [0.05, 0.1) is 0 Å². The van der Waals surface area contributed by atoms with Gasteiger partial charge in [0, 0.05) is 25.7 Å². The van der Waals surface area contributed by atoms with Crippen LogP contribution in [0, 0.1) is 10.8 Å². The molecule has 6 heteroatoms. The summed E-state index contributed by atoms with van der Waals surface area (Å²) in [5.41, 5.74) is -2.67. The van der Waals surface area contributed by atoms with Gasteiger partial charge in [-0.15, -0.1) is 0 Å². The highest BCUT2D eigenvalue weighted by Gasteiger charge is 2.63. The van der Waals surface area contributed by atoms with Crippen molar-refractivity contribution < 1.29 is 29.0 Å². The molecule has 0 amide bonds. The number of hydrogen-bond donors (Lipinski definition) is 1. The van der Waals surface area contributed by atoms with Gasteiger partial charge < -0.3 is 14.6 Å². The Bertz CT molecular complexity index is 731. The van der Waals surface area contributed by atoms with Crippen LogP contribution in [0.2, 0.25) is 0 Å². The molecule has 5 aliphatic rings. The summed E-state index contributed by atoms with van der Waals surface area (Å²) in [4.78, 5) is 38.4. The molecule has 0 radical (unpaired) electrons. The molecular formula is C21H26O6. The van der Waals surface area contributed by atoms with Crippen LogP contribution in [0.15, 0.2) is 11.5 Å². The van der Waals surface area contributed by atoms with Crippen LogP contribution in [0.1, 0.15) is 77.0 Å². The van der Waals surface area contributed by atoms with Crippen molar-refractivity contribution in [3.05, 3.63) is 11.5 Å². The monoisotopic (exact) mass is 374 g/mol. The highest BCUT2D eigenvalue weighted by molar-refractivity contribution is 6.13. The zero-order valence-corrected chi connectivity index (χ0v) is 15.6. The molecule has 1 heterocycles. The summed E-state index contributed by atoms with van der Waals surface area (Å²) in [5.74, 6) is -0.629. The Morgan fingerprint density at radius 3 is 1.81 bits per heavy atom. The van der Waals surface area contributed by atoms with Crippen LogP contribution >= 0.6 is 0 Å². The van der Waals surface area contributed by atoms with Crippen LogP contribution in [0.25, 0.3) is 0 Å². The first kappa shape index (κ1) is 17.4. The highest BCUT2D eigenvalue weighted by Crippen LogP contribution is 2.54. The molecule has 146 valence electrons. The largest absolute Gasteiger partial charge is 0.451 e. The van der Waals surface area contributed by atoms with Gasteiger partial charge >= 0.3 is 0 Å². The average molecular weight is 374 g/mol. The molecule has 0 saturated heterocycles. The molecule has 0 aromatic rings. The molecular weight excluding hydrogens is 348 g/mol. The second-order valence-corrected chi connectivity index (χ2v) is 9.48.